The smallest absolute Gasteiger partial charge is 0.229 e. The highest BCUT2D eigenvalue weighted by molar-refractivity contribution is 7.17. The summed E-state index contributed by atoms with van der Waals surface area (Å²) in [7, 11) is 0. The topological polar surface area (TPSA) is 60.9 Å². The molecule has 0 aliphatic heterocycles. The minimum atomic E-state index is 0.0630. The molecule has 0 spiro atoms. The number of nitrogens with zero attached hydrogens (tertiary/aromatic N) is 3. The van der Waals surface area contributed by atoms with Gasteiger partial charge in [-0.05, 0) is 24.3 Å². The van der Waals surface area contributed by atoms with Crippen LogP contribution in [0.3, 0.4) is 0 Å². The van der Waals surface area contributed by atoms with Crippen LogP contribution >= 0.6 is 11.3 Å². The van der Waals surface area contributed by atoms with Gasteiger partial charge in [0, 0.05) is 18.2 Å². The van der Waals surface area contributed by atoms with Gasteiger partial charge in [-0.15, -0.1) is 11.3 Å². The van der Waals surface area contributed by atoms with Crippen molar-refractivity contribution in [2.75, 3.05) is 0 Å². The maximum absolute atomic E-state index is 11.7. The summed E-state index contributed by atoms with van der Waals surface area (Å²) >= 11 is 1.46. The van der Waals surface area contributed by atoms with Crippen LogP contribution < -0.4 is 5.43 Å². The first-order valence-corrected chi connectivity index (χ1v) is 7.08. The maximum Gasteiger partial charge on any atom is 0.229 e. The monoisotopic (exact) mass is 273 g/mol. The Hall–Kier alpha value is -1.95. The molecule has 0 aromatic carbocycles. The standard InChI is InChI=1S/C13H11N3O2S/c17-10-3-5-16(9-4-6-19-12(9)10)7-11-14-13(18-15-11)8-1-2-8/h3-6,8H,1-2,7H2. The highest BCUT2D eigenvalue weighted by Crippen LogP contribution is 2.38. The molecule has 0 bridgehead atoms. The van der Waals surface area contributed by atoms with E-state index in [-0.39, 0.29) is 5.43 Å². The van der Waals surface area contributed by atoms with Crippen LogP contribution in [0.1, 0.15) is 30.5 Å². The summed E-state index contributed by atoms with van der Waals surface area (Å²) in [6.45, 7) is 0.531. The quantitative estimate of drug-likeness (QED) is 0.735. The molecule has 0 N–H and O–H groups in total. The molecule has 0 unspecified atom stereocenters. The summed E-state index contributed by atoms with van der Waals surface area (Å²) in [5.74, 6) is 1.88. The Morgan fingerprint density at radius 1 is 1.42 bits per heavy atom. The Kier molecular flexibility index (Phi) is 2.32. The van der Waals surface area contributed by atoms with E-state index in [1.54, 1.807) is 12.3 Å². The molecule has 5 nitrogen and oxygen atoms in total. The summed E-state index contributed by atoms with van der Waals surface area (Å²) in [4.78, 5) is 16.1. The molecule has 3 heterocycles. The van der Waals surface area contributed by atoms with Gasteiger partial charge in [-0.3, -0.25) is 4.79 Å². The Labute approximate surface area is 112 Å². The first-order valence-electron chi connectivity index (χ1n) is 6.20. The molecule has 4 rings (SSSR count). The second kappa shape index (κ2) is 4.03. The number of rotatable bonds is 3. The van der Waals surface area contributed by atoms with E-state index < -0.39 is 0 Å². The number of thiophene rings is 1. The number of hydrogen-bond donors (Lipinski definition) is 0. The van der Waals surface area contributed by atoms with E-state index in [4.69, 9.17) is 4.52 Å². The first kappa shape index (κ1) is 10.9. The fourth-order valence-corrected chi connectivity index (χ4v) is 2.97. The Morgan fingerprint density at radius 3 is 3.16 bits per heavy atom. The van der Waals surface area contributed by atoms with Gasteiger partial charge in [-0.25, -0.2) is 0 Å². The van der Waals surface area contributed by atoms with Crippen molar-refractivity contribution in [1.82, 2.24) is 14.7 Å². The van der Waals surface area contributed by atoms with E-state index in [0.717, 1.165) is 28.9 Å². The molecule has 1 aliphatic rings. The molecule has 3 aromatic heterocycles. The predicted octanol–water partition coefficient (Wildman–Crippen LogP) is 2.37. The van der Waals surface area contributed by atoms with Crippen molar-refractivity contribution in [3.8, 4) is 0 Å². The molecule has 1 fully saturated rings. The van der Waals surface area contributed by atoms with E-state index >= 15 is 0 Å². The SMILES string of the molecule is O=c1ccn(Cc2noc(C3CC3)n2)c2ccsc12. The number of fused-ring (bicyclic) bond motifs is 1. The maximum atomic E-state index is 11.7. The van der Waals surface area contributed by atoms with E-state index in [9.17, 15) is 4.79 Å². The summed E-state index contributed by atoms with van der Waals surface area (Å²) in [5, 5.41) is 5.93. The highest BCUT2D eigenvalue weighted by atomic mass is 32.1. The third-order valence-electron chi connectivity index (χ3n) is 3.31. The van der Waals surface area contributed by atoms with E-state index in [1.807, 2.05) is 16.0 Å². The molecule has 0 radical (unpaired) electrons. The third-order valence-corrected chi connectivity index (χ3v) is 4.22. The fraction of sp³-hybridized carbons (Fsp3) is 0.308. The molecular weight excluding hydrogens is 262 g/mol. The summed E-state index contributed by atoms with van der Waals surface area (Å²) < 4.78 is 8.00. The van der Waals surface area contributed by atoms with Crippen molar-refractivity contribution in [2.24, 2.45) is 0 Å². The number of hydrogen-bond acceptors (Lipinski definition) is 5. The van der Waals surface area contributed by atoms with Crippen LogP contribution in [-0.4, -0.2) is 14.7 Å². The largest absolute Gasteiger partial charge is 0.339 e. The van der Waals surface area contributed by atoms with Crippen LogP contribution in [0.5, 0.6) is 0 Å². The van der Waals surface area contributed by atoms with Crippen molar-refractivity contribution in [2.45, 2.75) is 25.3 Å². The van der Waals surface area contributed by atoms with E-state index in [0.29, 0.717) is 18.3 Å². The van der Waals surface area contributed by atoms with Gasteiger partial charge >= 0.3 is 0 Å². The second-order valence-corrected chi connectivity index (χ2v) is 5.68. The minimum absolute atomic E-state index is 0.0630. The molecule has 6 heteroatoms. The van der Waals surface area contributed by atoms with Crippen molar-refractivity contribution in [3.05, 3.63) is 45.6 Å². The van der Waals surface area contributed by atoms with Gasteiger partial charge in [0.1, 0.15) is 0 Å². The van der Waals surface area contributed by atoms with Gasteiger partial charge in [0.2, 0.25) is 5.89 Å². The summed E-state index contributed by atoms with van der Waals surface area (Å²) in [6, 6.07) is 3.53. The Balaban J connectivity index is 1.71. The molecular formula is C13H11N3O2S. The molecule has 0 amide bonds. The molecule has 0 saturated heterocycles. The van der Waals surface area contributed by atoms with Crippen molar-refractivity contribution in [3.63, 3.8) is 0 Å². The van der Waals surface area contributed by atoms with Gasteiger partial charge in [0.05, 0.1) is 16.8 Å². The van der Waals surface area contributed by atoms with Gasteiger partial charge < -0.3 is 9.09 Å². The molecule has 19 heavy (non-hydrogen) atoms. The van der Waals surface area contributed by atoms with Crippen molar-refractivity contribution < 1.29 is 4.52 Å². The van der Waals surface area contributed by atoms with Gasteiger partial charge in [-0.1, -0.05) is 5.16 Å². The van der Waals surface area contributed by atoms with Gasteiger partial charge in [0.25, 0.3) is 0 Å². The molecule has 3 aromatic rings. The van der Waals surface area contributed by atoms with Crippen LogP contribution in [0.2, 0.25) is 0 Å². The van der Waals surface area contributed by atoms with E-state index in [1.165, 1.54) is 11.3 Å². The third kappa shape index (κ3) is 1.88. The average molecular weight is 273 g/mol. The van der Waals surface area contributed by atoms with Crippen LogP contribution in [0.4, 0.5) is 0 Å². The summed E-state index contributed by atoms with van der Waals surface area (Å²) in [5.41, 5.74) is 0.989. The molecule has 1 aliphatic carbocycles. The number of aromatic nitrogens is 3. The van der Waals surface area contributed by atoms with Crippen LogP contribution in [0.25, 0.3) is 10.2 Å². The zero-order valence-electron chi connectivity index (χ0n) is 10.1. The second-order valence-electron chi connectivity index (χ2n) is 4.77. The van der Waals surface area contributed by atoms with Crippen LogP contribution in [0.15, 0.2) is 33.0 Å². The fourth-order valence-electron chi connectivity index (χ4n) is 2.14. The van der Waals surface area contributed by atoms with Gasteiger partial charge in [-0.2, -0.15) is 4.98 Å². The lowest BCUT2D eigenvalue weighted by atomic mass is 10.3. The average Bonchev–Trinajstić information content (AvgIpc) is 2.96. The Morgan fingerprint density at radius 2 is 2.32 bits per heavy atom. The Bertz CT molecular complexity index is 797. The summed E-state index contributed by atoms with van der Waals surface area (Å²) in [6.07, 6.45) is 4.08. The van der Waals surface area contributed by atoms with Crippen molar-refractivity contribution >= 4 is 21.6 Å². The lowest BCUT2D eigenvalue weighted by molar-refractivity contribution is 0.373. The normalized spacial score (nSPS) is 15.2. The minimum Gasteiger partial charge on any atom is -0.339 e. The lowest BCUT2D eigenvalue weighted by Gasteiger charge is -2.04. The highest BCUT2D eigenvalue weighted by Gasteiger charge is 2.29. The molecule has 1 saturated carbocycles. The van der Waals surface area contributed by atoms with Gasteiger partial charge in [0.15, 0.2) is 11.3 Å². The predicted molar refractivity (Wildman–Crippen MR) is 71.5 cm³/mol. The first-order chi connectivity index (χ1) is 9.31. The molecule has 96 valence electrons. The van der Waals surface area contributed by atoms with E-state index in [2.05, 4.69) is 10.1 Å². The molecule has 0 atom stereocenters. The zero-order valence-corrected chi connectivity index (χ0v) is 10.9. The van der Waals surface area contributed by atoms with Crippen molar-refractivity contribution in [1.29, 1.82) is 0 Å². The zero-order chi connectivity index (χ0) is 12.8. The van der Waals surface area contributed by atoms with Crippen LogP contribution in [0, 0.1) is 0 Å². The lowest BCUT2D eigenvalue weighted by Crippen LogP contribution is -2.07. The van der Waals surface area contributed by atoms with Crippen LogP contribution in [-0.2, 0) is 6.54 Å². The number of pyridine rings is 1.